The molecule has 2 heterocycles. The molecule has 0 bridgehead atoms. The van der Waals surface area contributed by atoms with Crippen molar-refractivity contribution in [2.45, 2.75) is 19.9 Å². The summed E-state index contributed by atoms with van der Waals surface area (Å²) in [6.07, 6.45) is 3.72. The molecule has 0 saturated carbocycles. The highest BCUT2D eigenvalue weighted by Gasteiger charge is 2.16. The lowest BCUT2D eigenvalue weighted by Crippen LogP contribution is -2.31. The molecule has 0 fully saturated rings. The molecule has 0 aromatic carbocycles. The van der Waals surface area contributed by atoms with E-state index in [2.05, 4.69) is 23.9 Å². The zero-order valence-electron chi connectivity index (χ0n) is 11.9. The number of likely N-dealkylation sites (N-methyl/N-ethyl adjacent to an activating group) is 1. The Morgan fingerprint density at radius 1 is 1.55 bits per heavy atom. The van der Waals surface area contributed by atoms with Gasteiger partial charge in [-0.25, -0.2) is 4.98 Å². The van der Waals surface area contributed by atoms with Gasteiger partial charge in [-0.2, -0.15) is 5.10 Å². The first-order valence-corrected chi connectivity index (χ1v) is 7.36. The maximum Gasteiger partial charge on any atom is 0.273 e. The van der Waals surface area contributed by atoms with Gasteiger partial charge in [-0.1, -0.05) is 0 Å². The molecule has 6 nitrogen and oxygen atoms in total. The van der Waals surface area contributed by atoms with E-state index in [0.717, 1.165) is 10.6 Å². The molecule has 0 aliphatic heterocycles. The van der Waals surface area contributed by atoms with Crippen LogP contribution in [0.3, 0.4) is 0 Å². The van der Waals surface area contributed by atoms with E-state index >= 15 is 0 Å². The van der Waals surface area contributed by atoms with Gasteiger partial charge in [0.25, 0.3) is 5.91 Å². The Labute approximate surface area is 122 Å². The van der Waals surface area contributed by atoms with E-state index in [4.69, 9.17) is 5.73 Å². The summed E-state index contributed by atoms with van der Waals surface area (Å²) in [4.78, 5) is 18.1. The molecule has 2 aromatic rings. The van der Waals surface area contributed by atoms with Crippen molar-refractivity contribution in [2.75, 3.05) is 20.1 Å². The van der Waals surface area contributed by atoms with Crippen LogP contribution < -0.4 is 5.73 Å². The molecule has 7 heteroatoms. The van der Waals surface area contributed by atoms with E-state index in [1.807, 2.05) is 10.9 Å². The number of hydrogen-bond donors (Lipinski definition) is 1. The lowest BCUT2D eigenvalue weighted by molar-refractivity contribution is 0.0794. The molecule has 0 saturated heterocycles. The summed E-state index contributed by atoms with van der Waals surface area (Å²) in [6.45, 7) is 5.10. The Kier molecular flexibility index (Phi) is 4.51. The van der Waals surface area contributed by atoms with E-state index in [1.54, 1.807) is 23.5 Å². The van der Waals surface area contributed by atoms with Crippen molar-refractivity contribution >= 4 is 17.2 Å². The largest absolute Gasteiger partial charge is 0.339 e. The average Bonchev–Trinajstić information content (AvgIpc) is 3.06. The van der Waals surface area contributed by atoms with E-state index in [-0.39, 0.29) is 5.91 Å². The molecule has 0 unspecified atom stereocenters. The third kappa shape index (κ3) is 3.05. The van der Waals surface area contributed by atoms with Crippen LogP contribution in [0.5, 0.6) is 0 Å². The molecule has 2 aromatic heterocycles. The fourth-order valence-corrected chi connectivity index (χ4v) is 2.50. The predicted molar refractivity (Wildman–Crippen MR) is 79.7 cm³/mol. The number of thiazole rings is 1. The zero-order valence-corrected chi connectivity index (χ0v) is 12.7. The van der Waals surface area contributed by atoms with Crippen molar-refractivity contribution < 1.29 is 4.79 Å². The monoisotopic (exact) mass is 293 g/mol. The lowest BCUT2D eigenvalue weighted by atomic mass is 10.3. The van der Waals surface area contributed by atoms with Gasteiger partial charge in [0, 0.05) is 43.3 Å². The maximum atomic E-state index is 12.1. The van der Waals surface area contributed by atoms with Gasteiger partial charge in [-0.15, -0.1) is 11.3 Å². The van der Waals surface area contributed by atoms with Gasteiger partial charge in [0.1, 0.15) is 10.7 Å². The highest BCUT2D eigenvalue weighted by atomic mass is 32.1. The fourth-order valence-electron chi connectivity index (χ4n) is 1.73. The predicted octanol–water partition coefficient (Wildman–Crippen LogP) is 1.62. The van der Waals surface area contributed by atoms with Gasteiger partial charge in [-0.3, -0.25) is 9.48 Å². The average molecular weight is 293 g/mol. The smallest absolute Gasteiger partial charge is 0.273 e. The van der Waals surface area contributed by atoms with Crippen LogP contribution in [-0.4, -0.2) is 45.7 Å². The molecule has 2 rings (SSSR count). The van der Waals surface area contributed by atoms with E-state index < -0.39 is 0 Å². The SMILES string of the molecule is CC(C)n1cc(-c2nc(C(=O)N(C)CCN)cs2)cn1. The number of nitrogens with zero attached hydrogens (tertiary/aromatic N) is 4. The van der Waals surface area contributed by atoms with Gasteiger partial charge < -0.3 is 10.6 Å². The van der Waals surface area contributed by atoms with Crippen LogP contribution in [0.4, 0.5) is 0 Å². The van der Waals surface area contributed by atoms with Crippen LogP contribution in [-0.2, 0) is 0 Å². The molecule has 2 N–H and O–H groups in total. The minimum Gasteiger partial charge on any atom is -0.339 e. The Morgan fingerprint density at radius 2 is 2.30 bits per heavy atom. The number of amides is 1. The Hall–Kier alpha value is -1.73. The summed E-state index contributed by atoms with van der Waals surface area (Å²) >= 11 is 1.45. The molecule has 0 aliphatic carbocycles. The summed E-state index contributed by atoms with van der Waals surface area (Å²) in [7, 11) is 1.73. The third-order valence-electron chi connectivity index (χ3n) is 2.91. The van der Waals surface area contributed by atoms with E-state index in [0.29, 0.717) is 24.8 Å². The minimum atomic E-state index is -0.103. The molecule has 0 radical (unpaired) electrons. The third-order valence-corrected chi connectivity index (χ3v) is 3.80. The van der Waals surface area contributed by atoms with Crippen molar-refractivity contribution in [3.63, 3.8) is 0 Å². The van der Waals surface area contributed by atoms with Gasteiger partial charge in [0.2, 0.25) is 0 Å². The number of rotatable bonds is 5. The van der Waals surface area contributed by atoms with Gasteiger partial charge in [-0.05, 0) is 13.8 Å². The summed E-state index contributed by atoms with van der Waals surface area (Å²) in [6, 6.07) is 0.306. The van der Waals surface area contributed by atoms with Crippen LogP contribution in [0.15, 0.2) is 17.8 Å². The van der Waals surface area contributed by atoms with Crippen molar-refractivity contribution in [3.8, 4) is 10.6 Å². The summed E-state index contributed by atoms with van der Waals surface area (Å²) in [5.41, 5.74) is 6.84. The topological polar surface area (TPSA) is 77.0 Å². The minimum absolute atomic E-state index is 0.103. The van der Waals surface area contributed by atoms with Gasteiger partial charge >= 0.3 is 0 Å². The second kappa shape index (κ2) is 6.15. The second-order valence-electron chi connectivity index (χ2n) is 4.86. The van der Waals surface area contributed by atoms with Crippen LogP contribution >= 0.6 is 11.3 Å². The second-order valence-corrected chi connectivity index (χ2v) is 5.71. The highest BCUT2D eigenvalue weighted by Crippen LogP contribution is 2.24. The van der Waals surface area contributed by atoms with Crippen LogP contribution in [0.1, 0.15) is 30.4 Å². The van der Waals surface area contributed by atoms with Crippen LogP contribution in [0.25, 0.3) is 10.6 Å². The van der Waals surface area contributed by atoms with E-state index in [1.165, 1.54) is 11.3 Å². The van der Waals surface area contributed by atoms with Crippen molar-refractivity contribution in [1.29, 1.82) is 0 Å². The number of aromatic nitrogens is 3. The number of carbonyl (C=O) groups is 1. The lowest BCUT2D eigenvalue weighted by Gasteiger charge is -2.13. The maximum absolute atomic E-state index is 12.1. The first-order valence-electron chi connectivity index (χ1n) is 6.48. The number of carbonyl (C=O) groups excluding carboxylic acids is 1. The molecule has 0 aliphatic rings. The van der Waals surface area contributed by atoms with Gasteiger partial charge in [0.05, 0.1) is 6.20 Å². The Morgan fingerprint density at radius 3 is 2.90 bits per heavy atom. The quantitative estimate of drug-likeness (QED) is 0.908. The molecule has 0 spiro atoms. The van der Waals surface area contributed by atoms with Crippen molar-refractivity contribution in [3.05, 3.63) is 23.5 Å². The summed E-state index contributed by atoms with van der Waals surface area (Å²) in [5.74, 6) is -0.103. The molecular formula is C13H19N5OS. The Balaban J connectivity index is 2.17. The van der Waals surface area contributed by atoms with Crippen LogP contribution in [0.2, 0.25) is 0 Å². The number of hydrogen-bond acceptors (Lipinski definition) is 5. The fraction of sp³-hybridized carbons (Fsp3) is 0.462. The first kappa shape index (κ1) is 14.7. The van der Waals surface area contributed by atoms with Crippen molar-refractivity contribution in [1.82, 2.24) is 19.7 Å². The van der Waals surface area contributed by atoms with E-state index in [9.17, 15) is 4.79 Å². The zero-order chi connectivity index (χ0) is 14.7. The number of nitrogens with two attached hydrogens (primary N) is 1. The van der Waals surface area contributed by atoms with Gasteiger partial charge in [0.15, 0.2) is 0 Å². The van der Waals surface area contributed by atoms with Crippen LogP contribution in [0, 0.1) is 0 Å². The Bertz CT molecular complexity index is 589. The summed E-state index contributed by atoms with van der Waals surface area (Å²) < 4.78 is 1.87. The molecule has 108 valence electrons. The molecule has 1 amide bonds. The summed E-state index contributed by atoms with van der Waals surface area (Å²) in [5, 5.41) is 6.86. The first-order chi connectivity index (χ1) is 9.52. The molecular weight excluding hydrogens is 274 g/mol. The standard InChI is InChI=1S/C13H19N5OS/c1-9(2)18-7-10(6-15-18)12-16-11(8-20-12)13(19)17(3)5-4-14/h6-9H,4-5,14H2,1-3H3. The highest BCUT2D eigenvalue weighted by molar-refractivity contribution is 7.13. The molecule has 20 heavy (non-hydrogen) atoms. The normalized spacial score (nSPS) is 11.1. The van der Waals surface area contributed by atoms with Crippen molar-refractivity contribution in [2.24, 2.45) is 5.73 Å². The molecule has 0 atom stereocenters.